The maximum absolute atomic E-state index is 11.6. The minimum Gasteiger partial charge on any atom is -0.380 e. The van der Waals surface area contributed by atoms with Crippen LogP contribution in [0.4, 0.5) is 5.82 Å². The Hall–Kier alpha value is -1.84. The second kappa shape index (κ2) is 3.73. The van der Waals surface area contributed by atoms with Crippen molar-refractivity contribution in [2.24, 2.45) is 0 Å². The molecule has 4 nitrogen and oxygen atoms in total. The number of benzene rings is 1. The number of hydrogen-bond donors (Lipinski definition) is 1. The maximum Gasteiger partial charge on any atom is 0.174 e. The number of rotatable bonds is 3. The molecule has 0 bridgehead atoms. The second-order valence-corrected chi connectivity index (χ2v) is 3.45. The molecule has 0 saturated carbocycles. The van der Waals surface area contributed by atoms with Crippen LogP contribution in [0.15, 0.2) is 22.7 Å². The fraction of sp³-hybridized carbons (Fsp3) is 0.273. The van der Waals surface area contributed by atoms with Gasteiger partial charge in [-0.3, -0.25) is 4.79 Å². The Kier molecular flexibility index (Phi) is 2.41. The second-order valence-electron chi connectivity index (χ2n) is 3.45. The quantitative estimate of drug-likeness (QED) is 0.779. The van der Waals surface area contributed by atoms with Gasteiger partial charge < -0.3 is 10.3 Å². The Labute approximate surface area is 87.0 Å². The van der Waals surface area contributed by atoms with Crippen molar-refractivity contribution in [3.05, 3.63) is 23.8 Å². The SMILES string of the molecule is CCCC(=O)c1ccc2c(N)noc2c1. The topological polar surface area (TPSA) is 69.1 Å². The van der Waals surface area contributed by atoms with Crippen LogP contribution >= 0.6 is 0 Å². The van der Waals surface area contributed by atoms with Gasteiger partial charge in [0.15, 0.2) is 17.2 Å². The molecule has 0 unspecified atom stereocenters. The number of Topliss-reactive ketones (excluding diaryl/α,β-unsaturated/α-hetero) is 1. The van der Waals surface area contributed by atoms with Gasteiger partial charge in [0.1, 0.15) is 0 Å². The molecule has 2 aromatic rings. The van der Waals surface area contributed by atoms with Crippen LogP contribution in [0.1, 0.15) is 30.1 Å². The van der Waals surface area contributed by atoms with Crippen LogP contribution in [-0.4, -0.2) is 10.9 Å². The molecule has 1 aromatic heterocycles. The third-order valence-corrected chi connectivity index (χ3v) is 2.30. The molecule has 2 rings (SSSR count). The fourth-order valence-corrected chi connectivity index (χ4v) is 1.50. The van der Waals surface area contributed by atoms with E-state index in [1.165, 1.54) is 0 Å². The normalized spacial score (nSPS) is 10.7. The van der Waals surface area contributed by atoms with Crippen molar-refractivity contribution in [3.63, 3.8) is 0 Å². The number of ketones is 1. The zero-order valence-corrected chi connectivity index (χ0v) is 8.49. The number of carbonyl (C=O) groups excluding carboxylic acids is 1. The van der Waals surface area contributed by atoms with E-state index in [0.29, 0.717) is 23.4 Å². The predicted molar refractivity (Wildman–Crippen MR) is 57.7 cm³/mol. The lowest BCUT2D eigenvalue weighted by Gasteiger charge is -1.97. The number of hydrogen-bond acceptors (Lipinski definition) is 4. The lowest BCUT2D eigenvalue weighted by Crippen LogP contribution is -1.97. The molecule has 0 aliphatic carbocycles. The summed E-state index contributed by atoms with van der Waals surface area (Å²) in [7, 11) is 0. The van der Waals surface area contributed by atoms with E-state index in [2.05, 4.69) is 5.16 Å². The average Bonchev–Trinajstić information content (AvgIpc) is 2.60. The molecule has 0 radical (unpaired) electrons. The summed E-state index contributed by atoms with van der Waals surface area (Å²) in [6, 6.07) is 5.22. The Morgan fingerprint density at radius 1 is 1.53 bits per heavy atom. The van der Waals surface area contributed by atoms with Crippen LogP contribution in [0.2, 0.25) is 0 Å². The molecule has 0 fully saturated rings. The fourth-order valence-electron chi connectivity index (χ4n) is 1.50. The molecule has 0 aliphatic heterocycles. The highest BCUT2D eigenvalue weighted by Crippen LogP contribution is 2.21. The smallest absolute Gasteiger partial charge is 0.174 e. The first-order chi connectivity index (χ1) is 7.22. The number of carbonyl (C=O) groups is 1. The molecule has 4 heteroatoms. The summed E-state index contributed by atoms with van der Waals surface area (Å²) in [6.07, 6.45) is 1.39. The Balaban J connectivity index is 2.43. The van der Waals surface area contributed by atoms with Crippen molar-refractivity contribution in [2.45, 2.75) is 19.8 Å². The monoisotopic (exact) mass is 204 g/mol. The minimum absolute atomic E-state index is 0.120. The van der Waals surface area contributed by atoms with Gasteiger partial charge in [0.25, 0.3) is 0 Å². The summed E-state index contributed by atoms with van der Waals surface area (Å²) in [5.74, 6) is 0.480. The number of anilines is 1. The van der Waals surface area contributed by atoms with E-state index in [-0.39, 0.29) is 5.78 Å². The Morgan fingerprint density at radius 2 is 2.33 bits per heavy atom. The number of nitrogens with two attached hydrogens (primary N) is 1. The van der Waals surface area contributed by atoms with Crippen molar-refractivity contribution in [2.75, 3.05) is 5.73 Å². The predicted octanol–water partition coefficient (Wildman–Crippen LogP) is 2.39. The summed E-state index contributed by atoms with van der Waals surface area (Å²) < 4.78 is 4.99. The van der Waals surface area contributed by atoms with Gasteiger partial charge in [0.05, 0.1) is 5.39 Å². The summed E-state index contributed by atoms with van der Waals surface area (Å²) >= 11 is 0. The number of nitrogens with zero attached hydrogens (tertiary/aromatic N) is 1. The molecular formula is C11H12N2O2. The van der Waals surface area contributed by atoms with Crippen molar-refractivity contribution in [3.8, 4) is 0 Å². The van der Waals surface area contributed by atoms with E-state index in [1.807, 2.05) is 6.92 Å². The molecule has 0 amide bonds. The summed E-state index contributed by atoms with van der Waals surface area (Å²) in [5, 5.41) is 4.39. The van der Waals surface area contributed by atoms with E-state index in [9.17, 15) is 4.79 Å². The van der Waals surface area contributed by atoms with Gasteiger partial charge in [-0.1, -0.05) is 18.1 Å². The molecule has 2 N–H and O–H groups in total. The summed E-state index contributed by atoms with van der Waals surface area (Å²) in [4.78, 5) is 11.6. The third kappa shape index (κ3) is 1.70. The van der Waals surface area contributed by atoms with Gasteiger partial charge in [-0.25, -0.2) is 0 Å². The minimum atomic E-state index is 0.120. The van der Waals surface area contributed by atoms with Crippen LogP contribution in [0.3, 0.4) is 0 Å². The van der Waals surface area contributed by atoms with E-state index in [1.54, 1.807) is 18.2 Å². The molecule has 15 heavy (non-hydrogen) atoms. The zero-order chi connectivity index (χ0) is 10.8. The number of nitrogen functional groups attached to an aromatic ring is 1. The molecular weight excluding hydrogens is 192 g/mol. The lowest BCUT2D eigenvalue weighted by atomic mass is 10.1. The van der Waals surface area contributed by atoms with E-state index in [0.717, 1.165) is 11.8 Å². The maximum atomic E-state index is 11.6. The molecule has 0 spiro atoms. The van der Waals surface area contributed by atoms with Gasteiger partial charge in [0, 0.05) is 12.0 Å². The first-order valence-corrected chi connectivity index (χ1v) is 4.90. The van der Waals surface area contributed by atoms with Crippen LogP contribution in [0, 0.1) is 0 Å². The van der Waals surface area contributed by atoms with Crippen molar-refractivity contribution >= 4 is 22.6 Å². The van der Waals surface area contributed by atoms with E-state index in [4.69, 9.17) is 10.3 Å². The highest BCUT2D eigenvalue weighted by Gasteiger charge is 2.09. The van der Waals surface area contributed by atoms with Crippen LogP contribution < -0.4 is 5.73 Å². The highest BCUT2D eigenvalue weighted by molar-refractivity contribution is 6.00. The number of aromatic nitrogens is 1. The molecule has 78 valence electrons. The lowest BCUT2D eigenvalue weighted by molar-refractivity contribution is 0.0981. The van der Waals surface area contributed by atoms with Crippen molar-refractivity contribution < 1.29 is 9.32 Å². The van der Waals surface area contributed by atoms with E-state index >= 15 is 0 Å². The largest absolute Gasteiger partial charge is 0.380 e. The van der Waals surface area contributed by atoms with Crippen molar-refractivity contribution in [1.82, 2.24) is 5.16 Å². The average molecular weight is 204 g/mol. The van der Waals surface area contributed by atoms with Crippen molar-refractivity contribution in [1.29, 1.82) is 0 Å². The Bertz CT molecular complexity index is 502. The van der Waals surface area contributed by atoms with E-state index < -0.39 is 0 Å². The van der Waals surface area contributed by atoms with Gasteiger partial charge in [-0.2, -0.15) is 0 Å². The summed E-state index contributed by atoms with van der Waals surface area (Å²) in [5.41, 5.74) is 6.79. The standard InChI is InChI=1S/C11H12N2O2/c1-2-3-9(14)7-4-5-8-10(6-7)15-13-11(8)12/h4-6H,2-3H2,1H3,(H2,12,13). The highest BCUT2D eigenvalue weighted by atomic mass is 16.5. The number of fused-ring (bicyclic) bond motifs is 1. The molecule has 0 saturated heterocycles. The molecule has 1 heterocycles. The van der Waals surface area contributed by atoms with Crippen LogP contribution in [0.25, 0.3) is 11.0 Å². The third-order valence-electron chi connectivity index (χ3n) is 2.30. The first-order valence-electron chi connectivity index (χ1n) is 4.90. The molecule has 0 atom stereocenters. The Morgan fingerprint density at radius 3 is 3.07 bits per heavy atom. The molecule has 1 aromatic carbocycles. The van der Waals surface area contributed by atoms with Gasteiger partial charge in [-0.05, 0) is 18.6 Å². The zero-order valence-electron chi connectivity index (χ0n) is 8.49. The first kappa shape index (κ1) is 9.71. The van der Waals surface area contributed by atoms with Gasteiger partial charge >= 0.3 is 0 Å². The summed E-state index contributed by atoms with van der Waals surface area (Å²) in [6.45, 7) is 1.98. The van der Waals surface area contributed by atoms with Gasteiger partial charge in [0.2, 0.25) is 0 Å². The van der Waals surface area contributed by atoms with Crippen LogP contribution in [-0.2, 0) is 0 Å². The van der Waals surface area contributed by atoms with Gasteiger partial charge in [-0.15, -0.1) is 0 Å². The molecule has 0 aliphatic rings. The van der Waals surface area contributed by atoms with Crippen LogP contribution in [0.5, 0.6) is 0 Å².